The van der Waals surface area contributed by atoms with Crippen LogP contribution in [0.15, 0.2) is 48.7 Å². The molecular weight excluding hydrogens is 340 g/mol. The Morgan fingerprint density at radius 2 is 2.04 bits per heavy atom. The van der Waals surface area contributed by atoms with Gasteiger partial charge in [0.25, 0.3) is 0 Å². The molecule has 27 heavy (non-hydrogen) atoms. The molecule has 0 amide bonds. The van der Waals surface area contributed by atoms with Gasteiger partial charge in [-0.2, -0.15) is 0 Å². The summed E-state index contributed by atoms with van der Waals surface area (Å²) in [4.78, 5) is 20.4. The van der Waals surface area contributed by atoms with Crippen LogP contribution < -0.4 is 11.1 Å². The topological polar surface area (TPSA) is 104 Å². The molecule has 1 aliphatic rings. The second kappa shape index (κ2) is 6.55. The summed E-state index contributed by atoms with van der Waals surface area (Å²) in [7, 11) is 0. The highest BCUT2D eigenvalue weighted by atomic mass is 16.3. The van der Waals surface area contributed by atoms with Gasteiger partial charge in [0.2, 0.25) is 0 Å². The van der Waals surface area contributed by atoms with E-state index in [2.05, 4.69) is 15.3 Å². The Hall–Kier alpha value is -3.12. The van der Waals surface area contributed by atoms with E-state index in [4.69, 9.17) is 5.73 Å². The van der Waals surface area contributed by atoms with Crippen LogP contribution in [0.5, 0.6) is 0 Å². The number of benzene rings is 1. The third-order valence-corrected chi connectivity index (χ3v) is 5.04. The summed E-state index contributed by atoms with van der Waals surface area (Å²) in [5.74, 6) is 0.438. The lowest BCUT2D eigenvalue weighted by Gasteiger charge is -2.30. The van der Waals surface area contributed by atoms with Crippen LogP contribution in [-0.2, 0) is 6.42 Å². The molecule has 4 rings (SSSR count). The number of H-pyrrole nitrogens is 1. The Bertz CT molecular complexity index is 997. The third kappa shape index (κ3) is 3.19. The van der Waals surface area contributed by atoms with Crippen molar-refractivity contribution in [1.82, 2.24) is 9.97 Å². The predicted molar refractivity (Wildman–Crippen MR) is 106 cm³/mol. The highest BCUT2D eigenvalue weighted by molar-refractivity contribution is 6.07. The molecule has 3 aromatic rings. The maximum absolute atomic E-state index is 13.0. The molecule has 0 saturated carbocycles. The van der Waals surface area contributed by atoms with Crippen molar-refractivity contribution in [2.24, 2.45) is 5.41 Å². The van der Waals surface area contributed by atoms with E-state index in [0.717, 1.165) is 28.3 Å². The standard InChI is InChI=1S/C21H22N4O2/c1-21(12-26)10-15-18(16(27)11-21)20(24-14-5-3-2-4-6-14)19(25-15)13-7-8-23-17(22)9-13/h2-9,24-26H,10-12H2,1H3,(H2,22,23). The van der Waals surface area contributed by atoms with Gasteiger partial charge in [-0.1, -0.05) is 25.1 Å². The van der Waals surface area contributed by atoms with Crippen molar-refractivity contribution < 1.29 is 9.90 Å². The first-order chi connectivity index (χ1) is 13.0. The summed E-state index contributed by atoms with van der Waals surface area (Å²) >= 11 is 0. The highest BCUT2D eigenvalue weighted by Gasteiger charge is 2.38. The van der Waals surface area contributed by atoms with Gasteiger partial charge >= 0.3 is 0 Å². The van der Waals surface area contributed by atoms with E-state index in [1.807, 2.05) is 43.3 Å². The Kier molecular flexibility index (Phi) is 4.20. The average Bonchev–Trinajstić information content (AvgIpc) is 3.01. The van der Waals surface area contributed by atoms with Crippen LogP contribution in [0, 0.1) is 5.41 Å². The number of para-hydroxylation sites is 1. The number of aliphatic hydroxyl groups excluding tert-OH is 1. The van der Waals surface area contributed by atoms with Crippen LogP contribution in [0.25, 0.3) is 11.3 Å². The SMILES string of the molecule is CC1(CO)CC(=O)c2c([nH]c(-c3ccnc(N)c3)c2Nc2ccccc2)C1. The first-order valence-corrected chi connectivity index (χ1v) is 8.92. The molecule has 0 saturated heterocycles. The number of Topliss-reactive ketones (excluding diaryl/α,β-unsaturated/α-hetero) is 1. The van der Waals surface area contributed by atoms with Crippen LogP contribution in [0.3, 0.4) is 0 Å². The third-order valence-electron chi connectivity index (χ3n) is 5.04. The lowest BCUT2D eigenvalue weighted by Crippen LogP contribution is -2.32. The minimum atomic E-state index is -0.451. The zero-order valence-corrected chi connectivity index (χ0v) is 15.1. The van der Waals surface area contributed by atoms with Crippen molar-refractivity contribution in [3.8, 4) is 11.3 Å². The number of hydrogen-bond donors (Lipinski definition) is 4. The number of rotatable bonds is 4. The van der Waals surface area contributed by atoms with Gasteiger partial charge in [-0.15, -0.1) is 0 Å². The number of fused-ring (bicyclic) bond motifs is 1. The number of carbonyl (C=O) groups is 1. The molecule has 6 nitrogen and oxygen atoms in total. The van der Waals surface area contributed by atoms with Crippen molar-refractivity contribution in [3.63, 3.8) is 0 Å². The number of aromatic nitrogens is 2. The lowest BCUT2D eigenvalue weighted by atomic mass is 9.75. The number of hydrogen-bond acceptors (Lipinski definition) is 5. The number of carbonyl (C=O) groups excluding carboxylic acids is 1. The second-order valence-corrected chi connectivity index (χ2v) is 7.43. The molecule has 0 bridgehead atoms. The van der Waals surface area contributed by atoms with Gasteiger partial charge in [0.1, 0.15) is 5.82 Å². The van der Waals surface area contributed by atoms with E-state index in [9.17, 15) is 9.90 Å². The predicted octanol–water partition coefficient (Wildman–Crippen LogP) is 3.53. The number of ketones is 1. The molecule has 0 radical (unpaired) electrons. The number of anilines is 3. The molecule has 6 heteroatoms. The number of pyridine rings is 1. The Balaban J connectivity index is 1.88. The average molecular weight is 362 g/mol. The van der Waals surface area contributed by atoms with Crippen molar-refractivity contribution in [1.29, 1.82) is 0 Å². The van der Waals surface area contributed by atoms with Crippen LogP contribution in [0.4, 0.5) is 17.2 Å². The van der Waals surface area contributed by atoms with Gasteiger partial charge < -0.3 is 21.1 Å². The molecule has 1 aliphatic carbocycles. The van der Waals surface area contributed by atoms with Gasteiger partial charge in [0, 0.05) is 41.6 Å². The summed E-state index contributed by atoms with van der Waals surface area (Å²) in [5.41, 5.74) is 10.2. The number of nitrogen functional groups attached to an aromatic ring is 1. The maximum Gasteiger partial charge on any atom is 0.167 e. The van der Waals surface area contributed by atoms with Crippen LogP contribution >= 0.6 is 0 Å². The lowest BCUT2D eigenvalue weighted by molar-refractivity contribution is 0.0786. The number of nitrogens with two attached hydrogens (primary N) is 1. The fourth-order valence-electron chi connectivity index (χ4n) is 3.68. The molecule has 138 valence electrons. The fourth-order valence-corrected chi connectivity index (χ4v) is 3.68. The molecule has 0 aliphatic heterocycles. The molecule has 1 atom stereocenters. The molecule has 1 aromatic carbocycles. The highest BCUT2D eigenvalue weighted by Crippen LogP contribution is 2.43. The van der Waals surface area contributed by atoms with Crippen molar-refractivity contribution in [2.45, 2.75) is 19.8 Å². The minimum Gasteiger partial charge on any atom is -0.396 e. The van der Waals surface area contributed by atoms with E-state index >= 15 is 0 Å². The molecular formula is C21H22N4O2. The Morgan fingerprint density at radius 1 is 1.26 bits per heavy atom. The zero-order valence-electron chi connectivity index (χ0n) is 15.1. The second-order valence-electron chi connectivity index (χ2n) is 7.43. The van der Waals surface area contributed by atoms with E-state index in [1.165, 1.54) is 0 Å². The monoisotopic (exact) mass is 362 g/mol. The fraction of sp³-hybridized carbons (Fsp3) is 0.238. The smallest absolute Gasteiger partial charge is 0.167 e. The number of aromatic amines is 1. The van der Waals surface area contributed by atoms with Gasteiger partial charge in [-0.05, 0) is 30.7 Å². The van der Waals surface area contributed by atoms with Crippen LogP contribution in [0.2, 0.25) is 0 Å². The Labute approximate surface area is 157 Å². The summed E-state index contributed by atoms with van der Waals surface area (Å²) in [5, 5.41) is 13.2. The summed E-state index contributed by atoms with van der Waals surface area (Å²) in [6, 6.07) is 13.4. The van der Waals surface area contributed by atoms with Crippen LogP contribution in [0.1, 0.15) is 29.4 Å². The quantitative estimate of drug-likeness (QED) is 0.568. The maximum atomic E-state index is 13.0. The van der Waals surface area contributed by atoms with Gasteiger partial charge in [-0.25, -0.2) is 4.98 Å². The summed E-state index contributed by atoms with van der Waals surface area (Å²) < 4.78 is 0. The Morgan fingerprint density at radius 3 is 2.74 bits per heavy atom. The molecule has 0 spiro atoms. The zero-order chi connectivity index (χ0) is 19.0. The number of nitrogens with zero attached hydrogens (tertiary/aromatic N) is 1. The van der Waals surface area contributed by atoms with Crippen molar-refractivity contribution >= 4 is 23.0 Å². The van der Waals surface area contributed by atoms with Crippen LogP contribution in [-0.4, -0.2) is 27.5 Å². The van der Waals surface area contributed by atoms with E-state index in [1.54, 1.807) is 12.3 Å². The summed E-state index contributed by atoms with van der Waals surface area (Å²) in [6.45, 7) is 1.90. The summed E-state index contributed by atoms with van der Waals surface area (Å²) in [6.07, 6.45) is 2.57. The largest absolute Gasteiger partial charge is 0.396 e. The number of aliphatic hydroxyl groups is 1. The molecule has 1 unspecified atom stereocenters. The van der Waals surface area contributed by atoms with Crippen molar-refractivity contribution in [2.75, 3.05) is 17.7 Å². The first kappa shape index (κ1) is 17.3. The normalized spacial score (nSPS) is 19.0. The first-order valence-electron chi connectivity index (χ1n) is 8.92. The minimum absolute atomic E-state index is 0.0239. The van der Waals surface area contributed by atoms with E-state index < -0.39 is 5.41 Å². The van der Waals surface area contributed by atoms with Crippen molar-refractivity contribution in [3.05, 3.63) is 59.9 Å². The van der Waals surface area contributed by atoms with E-state index in [0.29, 0.717) is 24.2 Å². The molecule has 2 heterocycles. The molecule has 0 fully saturated rings. The van der Waals surface area contributed by atoms with E-state index in [-0.39, 0.29) is 12.4 Å². The van der Waals surface area contributed by atoms with Gasteiger partial charge in [-0.3, -0.25) is 4.79 Å². The molecule has 5 N–H and O–H groups in total. The van der Waals surface area contributed by atoms with Gasteiger partial charge in [0.05, 0.1) is 16.9 Å². The van der Waals surface area contributed by atoms with Gasteiger partial charge in [0.15, 0.2) is 5.78 Å². The number of nitrogens with one attached hydrogen (secondary N) is 2. The molecule has 2 aromatic heterocycles.